The number of carboxylic acid groups (broad SMARTS) is 1. The molecule has 0 fully saturated rings. The van der Waals surface area contributed by atoms with E-state index in [0.29, 0.717) is 16.7 Å². The quantitative estimate of drug-likeness (QED) is 0.790. The van der Waals surface area contributed by atoms with Crippen LogP contribution in [0, 0.1) is 0 Å². The Kier molecular flexibility index (Phi) is 3.25. The van der Waals surface area contributed by atoms with Crippen LogP contribution in [0.4, 0.5) is 5.69 Å². The van der Waals surface area contributed by atoms with E-state index in [1.165, 1.54) is 0 Å². The van der Waals surface area contributed by atoms with Crippen molar-refractivity contribution in [3.05, 3.63) is 22.4 Å². The minimum absolute atomic E-state index is 0.0840. The average Bonchev–Trinajstić information content (AvgIpc) is 2.07. The largest absolute Gasteiger partial charge is 0.481 e. The molecule has 1 aromatic rings. The van der Waals surface area contributed by atoms with Crippen molar-refractivity contribution in [2.75, 3.05) is 5.73 Å². The molecular weight excluding hydrogens is 236 g/mol. The van der Waals surface area contributed by atoms with E-state index in [1.54, 1.807) is 12.3 Å². The molecule has 1 rings (SSSR count). The van der Waals surface area contributed by atoms with E-state index in [-0.39, 0.29) is 6.42 Å². The standard InChI is InChI=1S/C8H9BrN2O2/c9-8-7(10)5(3-4-11-8)1-2-6(12)13/h3-4H,1-2,10H2,(H,12,13). The summed E-state index contributed by atoms with van der Waals surface area (Å²) in [6, 6.07) is 1.73. The van der Waals surface area contributed by atoms with Crippen molar-refractivity contribution in [3.63, 3.8) is 0 Å². The average molecular weight is 245 g/mol. The first-order valence-electron chi connectivity index (χ1n) is 3.72. The predicted molar refractivity (Wildman–Crippen MR) is 52.3 cm³/mol. The minimum atomic E-state index is -0.827. The highest BCUT2D eigenvalue weighted by atomic mass is 79.9. The maximum absolute atomic E-state index is 10.3. The number of anilines is 1. The van der Waals surface area contributed by atoms with Crippen molar-refractivity contribution in [1.82, 2.24) is 4.98 Å². The summed E-state index contributed by atoms with van der Waals surface area (Å²) < 4.78 is 0.565. The molecule has 1 heterocycles. The Morgan fingerprint density at radius 2 is 2.38 bits per heavy atom. The first-order chi connectivity index (χ1) is 6.11. The molecule has 13 heavy (non-hydrogen) atoms. The maximum Gasteiger partial charge on any atom is 0.303 e. The van der Waals surface area contributed by atoms with Gasteiger partial charge in [0, 0.05) is 12.6 Å². The fourth-order valence-corrected chi connectivity index (χ4v) is 1.32. The number of hydrogen-bond acceptors (Lipinski definition) is 3. The Balaban J connectivity index is 2.77. The number of nitrogens with zero attached hydrogens (tertiary/aromatic N) is 1. The minimum Gasteiger partial charge on any atom is -0.481 e. The van der Waals surface area contributed by atoms with Crippen molar-refractivity contribution in [3.8, 4) is 0 Å². The zero-order valence-corrected chi connectivity index (χ0v) is 8.41. The first-order valence-corrected chi connectivity index (χ1v) is 4.51. The van der Waals surface area contributed by atoms with Crippen molar-refractivity contribution in [1.29, 1.82) is 0 Å². The number of carboxylic acids is 1. The van der Waals surface area contributed by atoms with E-state index in [4.69, 9.17) is 10.8 Å². The molecule has 1 aromatic heterocycles. The van der Waals surface area contributed by atoms with Crippen LogP contribution in [0.5, 0.6) is 0 Å². The highest BCUT2D eigenvalue weighted by Crippen LogP contribution is 2.21. The molecule has 0 amide bonds. The van der Waals surface area contributed by atoms with E-state index in [0.717, 1.165) is 5.56 Å². The summed E-state index contributed by atoms with van der Waals surface area (Å²) in [6.45, 7) is 0. The molecule has 70 valence electrons. The number of rotatable bonds is 3. The molecule has 0 aliphatic heterocycles. The van der Waals surface area contributed by atoms with Crippen molar-refractivity contribution >= 4 is 27.6 Å². The highest BCUT2D eigenvalue weighted by molar-refractivity contribution is 9.10. The Labute approximate surface area is 83.9 Å². The van der Waals surface area contributed by atoms with Gasteiger partial charge < -0.3 is 10.8 Å². The van der Waals surface area contributed by atoms with E-state index in [2.05, 4.69) is 20.9 Å². The lowest BCUT2D eigenvalue weighted by Gasteiger charge is -2.04. The molecule has 5 heteroatoms. The van der Waals surface area contributed by atoms with Gasteiger partial charge in [0.1, 0.15) is 4.60 Å². The Bertz CT molecular complexity index is 328. The summed E-state index contributed by atoms with van der Waals surface area (Å²) in [4.78, 5) is 14.2. The molecule has 0 spiro atoms. The van der Waals surface area contributed by atoms with Gasteiger partial charge in [-0.05, 0) is 34.0 Å². The van der Waals surface area contributed by atoms with E-state index in [9.17, 15) is 4.79 Å². The summed E-state index contributed by atoms with van der Waals surface area (Å²) in [5, 5.41) is 8.47. The van der Waals surface area contributed by atoms with Crippen LogP contribution < -0.4 is 5.73 Å². The van der Waals surface area contributed by atoms with Crippen molar-refractivity contribution < 1.29 is 9.90 Å². The smallest absolute Gasteiger partial charge is 0.303 e. The number of carbonyl (C=O) groups is 1. The summed E-state index contributed by atoms with van der Waals surface area (Å²) >= 11 is 3.17. The second-order valence-corrected chi connectivity index (χ2v) is 3.32. The topological polar surface area (TPSA) is 76.2 Å². The van der Waals surface area contributed by atoms with Crippen LogP contribution in [-0.2, 0) is 11.2 Å². The molecule has 3 N–H and O–H groups in total. The lowest BCUT2D eigenvalue weighted by molar-refractivity contribution is -0.136. The van der Waals surface area contributed by atoms with E-state index in [1.807, 2.05) is 0 Å². The van der Waals surface area contributed by atoms with Crippen LogP contribution in [0.15, 0.2) is 16.9 Å². The Morgan fingerprint density at radius 1 is 1.69 bits per heavy atom. The van der Waals surface area contributed by atoms with Crippen LogP contribution in [0.2, 0.25) is 0 Å². The molecule has 4 nitrogen and oxygen atoms in total. The van der Waals surface area contributed by atoms with Gasteiger partial charge in [-0.3, -0.25) is 4.79 Å². The molecular formula is C8H9BrN2O2. The number of aryl methyl sites for hydroxylation is 1. The second kappa shape index (κ2) is 4.23. The third-order valence-electron chi connectivity index (χ3n) is 1.64. The van der Waals surface area contributed by atoms with Crippen LogP contribution in [0.25, 0.3) is 0 Å². The SMILES string of the molecule is Nc1c(CCC(=O)O)ccnc1Br. The van der Waals surface area contributed by atoms with Gasteiger partial charge in [0.15, 0.2) is 0 Å². The third-order valence-corrected chi connectivity index (χ3v) is 2.27. The number of hydrogen-bond donors (Lipinski definition) is 2. The summed E-state index contributed by atoms with van der Waals surface area (Å²) in [5.74, 6) is -0.827. The fraction of sp³-hybridized carbons (Fsp3) is 0.250. The van der Waals surface area contributed by atoms with Gasteiger partial charge in [-0.15, -0.1) is 0 Å². The summed E-state index contributed by atoms with van der Waals surface area (Å²) in [5.41, 5.74) is 6.99. The van der Waals surface area contributed by atoms with Gasteiger partial charge in [-0.2, -0.15) is 0 Å². The molecule has 0 aliphatic rings. The summed E-state index contributed by atoms with van der Waals surface area (Å²) in [7, 11) is 0. The zero-order valence-electron chi connectivity index (χ0n) is 6.83. The predicted octanol–water partition coefficient (Wildman–Crippen LogP) is 1.44. The number of aliphatic carboxylic acids is 1. The Morgan fingerprint density at radius 3 is 3.00 bits per heavy atom. The number of aromatic nitrogens is 1. The van der Waals surface area contributed by atoms with Gasteiger partial charge in [-0.25, -0.2) is 4.98 Å². The summed E-state index contributed by atoms with van der Waals surface area (Å²) in [6.07, 6.45) is 2.11. The van der Waals surface area contributed by atoms with Crippen LogP contribution in [0.3, 0.4) is 0 Å². The van der Waals surface area contributed by atoms with Crippen LogP contribution in [-0.4, -0.2) is 16.1 Å². The number of pyridine rings is 1. The highest BCUT2D eigenvalue weighted by Gasteiger charge is 2.05. The molecule has 0 bridgehead atoms. The number of halogens is 1. The van der Waals surface area contributed by atoms with Gasteiger partial charge in [-0.1, -0.05) is 0 Å². The maximum atomic E-state index is 10.3. The molecule has 0 unspecified atom stereocenters. The molecule has 0 aromatic carbocycles. The van der Waals surface area contributed by atoms with E-state index >= 15 is 0 Å². The van der Waals surface area contributed by atoms with Crippen LogP contribution >= 0.6 is 15.9 Å². The van der Waals surface area contributed by atoms with Crippen LogP contribution in [0.1, 0.15) is 12.0 Å². The van der Waals surface area contributed by atoms with E-state index < -0.39 is 5.97 Å². The van der Waals surface area contributed by atoms with Gasteiger partial charge in [0.25, 0.3) is 0 Å². The van der Waals surface area contributed by atoms with Crippen molar-refractivity contribution in [2.45, 2.75) is 12.8 Å². The Hall–Kier alpha value is -1.10. The normalized spacial score (nSPS) is 9.92. The fourth-order valence-electron chi connectivity index (χ4n) is 0.944. The monoisotopic (exact) mass is 244 g/mol. The molecule has 0 atom stereocenters. The second-order valence-electron chi connectivity index (χ2n) is 2.57. The number of nitrogen functional groups attached to an aromatic ring is 1. The lowest BCUT2D eigenvalue weighted by Crippen LogP contribution is -2.01. The molecule has 0 radical (unpaired) electrons. The van der Waals surface area contributed by atoms with Gasteiger partial charge in [0.05, 0.1) is 5.69 Å². The zero-order chi connectivity index (χ0) is 9.84. The van der Waals surface area contributed by atoms with Crippen molar-refractivity contribution in [2.24, 2.45) is 0 Å². The van der Waals surface area contributed by atoms with Gasteiger partial charge >= 0.3 is 5.97 Å². The molecule has 0 saturated heterocycles. The molecule has 0 aliphatic carbocycles. The lowest BCUT2D eigenvalue weighted by atomic mass is 10.1. The third kappa shape index (κ3) is 2.69. The number of nitrogens with two attached hydrogens (primary N) is 1. The molecule has 0 saturated carbocycles. The first kappa shape index (κ1) is 9.98. The van der Waals surface area contributed by atoms with Gasteiger partial charge in [0.2, 0.25) is 0 Å².